The largest absolute Gasteiger partial charge is 0.336 e. The molecule has 1 N–H and O–H groups in total. The van der Waals surface area contributed by atoms with E-state index in [-0.39, 0.29) is 18.4 Å². The summed E-state index contributed by atoms with van der Waals surface area (Å²) in [6.07, 6.45) is 4.37. The summed E-state index contributed by atoms with van der Waals surface area (Å²) in [7, 11) is 1.68. The van der Waals surface area contributed by atoms with Crippen LogP contribution in [-0.2, 0) is 28.9 Å². The molecule has 2 amide bonds. The van der Waals surface area contributed by atoms with Crippen LogP contribution in [0.5, 0.6) is 0 Å². The van der Waals surface area contributed by atoms with Crippen molar-refractivity contribution in [1.29, 1.82) is 0 Å². The first-order valence-electron chi connectivity index (χ1n) is 9.43. The third-order valence-electron chi connectivity index (χ3n) is 4.91. The molecule has 0 spiro atoms. The molecule has 3 rings (SSSR count). The van der Waals surface area contributed by atoms with Crippen molar-refractivity contribution in [3.8, 4) is 0 Å². The van der Waals surface area contributed by atoms with E-state index in [2.05, 4.69) is 30.4 Å². The first kappa shape index (κ1) is 19.5. The van der Waals surface area contributed by atoms with Crippen molar-refractivity contribution in [3.05, 3.63) is 59.2 Å². The number of hydrogen-bond acceptors (Lipinski definition) is 3. The fourth-order valence-corrected chi connectivity index (χ4v) is 4.24. The van der Waals surface area contributed by atoms with Gasteiger partial charge in [-0.05, 0) is 60.6 Å². The van der Waals surface area contributed by atoms with Crippen molar-refractivity contribution in [1.82, 2.24) is 4.90 Å². The molecule has 1 aliphatic carbocycles. The predicted molar refractivity (Wildman–Crippen MR) is 111 cm³/mol. The molecule has 0 unspecified atom stereocenters. The van der Waals surface area contributed by atoms with E-state index in [1.807, 2.05) is 24.3 Å². The highest BCUT2D eigenvalue weighted by Gasteiger charge is 2.15. The molecule has 2 aromatic rings. The van der Waals surface area contributed by atoms with E-state index in [1.165, 1.54) is 34.2 Å². The van der Waals surface area contributed by atoms with Crippen LogP contribution in [0.15, 0.2) is 47.4 Å². The highest BCUT2D eigenvalue weighted by molar-refractivity contribution is 8.00. The summed E-state index contributed by atoms with van der Waals surface area (Å²) in [6, 6.07) is 14.2. The number of nitrogens with zero attached hydrogens (tertiary/aromatic N) is 1. The lowest BCUT2D eigenvalue weighted by Crippen LogP contribution is -2.36. The fourth-order valence-electron chi connectivity index (χ4n) is 3.34. The minimum atomic E-state index is -0.172. The Labute approximate surface area is 165 Å². The number of hydrogen-bond donors (Lipinski definition) is 1. The molecule has 0 heterocycles. The summed E-state index contributed by atoms with van der Waals surface area (Å²) in [6.45, 7) is 2.11. The second-order valence-electron chi connectivity index (χ2n) is 6.88. The van der Waals surface area contributed by atoms with Gasteiger partial charge in [-0.2, -0.15) is 0 Å². The molecular weight excluding hydrogens is 356 g/mol. The summed E-state index contributed by atoms with van der Waals surface area (Å²) in [5, 5.41) is 2.91. The molecule has 0 aliphatic heterocycles. The van der Waals surface area contributed by atoms with Gasteiger partial charge in [0.1, 0.15) is 0 Å². The second-order valence-corrected chi connectivity index (χ2v) is 7.93. The zero-order chi connectivity index (χ0) is 19.2. The van der Waals surface area contributed by atoms with Crippen molar-refractivity contribution in [2.45, 2.75) is 37.5 Å². The molecule has 2 aromatic carbocycles. The molecule has 0 saturated carbocycles. The van der Waals surface area contributed by atoms with Gasteiger partial charge in [-0.3, -0.25) is 9.59 Å². The van der Waals surface area contributed by atoms with Crippen LogP contribution < -0.4 is 5.32 Å². The van der Waals surface area contributed by atoms with Crippen LogP contribution in [0.4, 0.5) is 5.69 Å². The van der Waals surface area contributed by atoms with Crippen LogP contribution in [0.3, 0.4) is 0 Å². The molecule has 1 aliphatic rings. The van der Waals surface area contributed by atoms with E-state index in [0.29, 0.717) is 5.75 Å². The second kappa shape index (κ2) is 9.09. The Balaban J connectivity index is 1.49. The van der Waals surface area contributed by atoms with Crippen LogP contribution in [0.2, 0.25) is 0 Å². The maximum Gasteiger partial charge on any atom is 0.243 e. The van der Waals surface area contributed by atoms with Crippen LogP contribution in [-0.4, -0.2) is 36.1 Å². The van der Waals surface area contributed by atoms with Gasteiger partial charge in [0.05, 0.1) is 12.3 Å². The van der Waals surface area contributed by atoms with Gasteiger partial charge in [-0.1, -0.05) is 31.2 Å². The van der Waals surface area contributed by atoms with Gasteiger partial charge in [-0.25, -0.2) is 0 Å². The molecule has 0 bridgehead atoms. The van der Waals surface area contributed by atoms with E-state index in [0.717, 1.165) is 35.4 Å². The number of nitrogens with one attached hydrogen (secondary N) is 1. The quantitative estimate of drug-likeness (QED) is 0.738. The van der Waals surface area contributed by atoms with Gasteiger partial charge in [0.25, 0.3) is 0 Å². The average molecular weight is 383 g/mol. The Morgan fingerprint density at radius 2 is 1.89 bits per heavy atom. The number of fused-ring (bicyclic) bond motifs is 1. The molecule has 0 fully saturated rings. The Morgan fingerprint density at radius 1 is 1.11 bits per heavy atom. The smallest absolute Gasteiger partial charge is 0.243 e. The van der Waals surface area contributed by atoms with Crippen molar-refractivity contribution in [3.63, 3.8) is 0 Å². The Morgan fingerprint density at radius 3 is 2.70 bits per heavy atom. The number of aryl methyl sites for hydroxylation is 3. The number of para-hydroxylation sites is 1. The SMILES string of the molecule is CCc1ccccc1NC(=O)CN(C)C(=O)CSc1ccc2c(c1)CCC2. The average Bonchev–Trinajstić information content (AvgIpc) is 3.14. The standard InChI is InChI=1S/C22H26N2O2S/c1-3-16-7-4-5-10-20(16)23-21(25)14-24(2)22(26)15-27-19-12-11-17-8-6-9-18(17)13-19/h4-5,7,10-13H,3,6,8-9,14-15H2,1-2H3,(H,23,25). The summed E-state index contributed by atoms with van der Waals surface area (Å²) < 4.78 is 0. The molecule has 0 saturated heterocycles. The van der Waals surface area contributed by atoms with E-state index >= 15 is 0 Å². The Bertz CT molecular complexity index is 835. The minimum absolute atomic E-state index is 0.0422. The predicted octanol–water partition coefficient (Wildman–Crippen LogP) is 3.93. The van der Waals surface area contributed by atoms with E-state index in [9.17, 15) is 9.59 Å². The first-order valence-corrected chi connectivity index (χ1v) is 10.4. The molecule has 0 atom stereocenters. The molecule has 0 aromatic heterocycles. The highest BCUT2D eigenvalue weighted by atomic mass is 32.2. The molecule has 4 nitrogen and oxygen atoms in total. The maximum absolute atomic E-state index is 12.4. The number of amides is 2. The lowest BCUT2D eigenvalue weighted by molar-refractivity contribution is -0.131. The third-order valence-corrected chi connectivity index (χ3v) is 5.89. The lowest BCUT2D eigenvalue weighted by Gasteiger charge is -2.17. The fraction of sp³-hybridized carbons (Fsp3) is 0.364. The number of carbonyl (C=O) groups is 2. The monoisotopic (exact) mass is 382 g/mol. The van der Waals surface area contributed by atoms with E-state index in [4.69, 9.17) is 0 Å². The van der Waals surface area contributed by atoms with Crippen LogP contribution in [0.1, 0.15) is 30.0 Å². The molecule has 5 heteroatoms. The van der Waals surface area contributed by atoms with Crippen molar-refractivity contribution < 1.29 is 9.59 Å². The normalized spacial score (nSPS) is 12.5. The van der Waals surface area contributed by atoms with E-state index < -0.39 is 0 Å². The number of carbonyl (C=O) groups excluding carboxylic acids is 2. The van der Waals surface area contributed by atoms with Gasteiger partial charge in [-0.15, -0.1) is 11.8 Å². The topological polar surface area (TPSA) is 49.4 Å². The van der Waals surface area contributed by atoms with Gasteiger partial charge in [0.2, 0.25) is 11.8 Å². The maximum atomic E-state index is 12.4. The molecule has 27 heavy (non-hydrogen) atoms. The number of thioether (sulfide) groups is 1. The first-order chi connectivity index (χ1) is 13.1. The van der Waals surface area contributed by atoms with Crippen molar-refractivity contribution >= 4 is 29.3 Å². The number of benzene rings is 2. The number of anilines is 1. The van der Waals surface area contributed by atoms with Crippen LogP contribution in [0, 0.1) is 0 Å². The minimum Gasteiger partial charge on any atom is -0.336 e. The Kier molecular flexibility index (Phi) is 6.56. The molecule has 142 valence electrons. The number of likely N-dealkylation sites (N-methyl/N-ethyl adjacent to an activating group) is 1. The van der Waals surface area contributed by atoms with Crippen molar-refractivity contribution in [2.24, 2.45) is 0 Å². The summed E-state index contributed by atoms with van der Waals surface area (Å²) >= 11 is 1.54. The highest BCUT2D eigenvalue weighted by Crippen LogP contribution is 2.27. The van der Waals surface area contributed by atoms with Crippen LogP contribution in [0.25, 0.3) is 0 Å². The lowest BCUT2D eigenvalue weighted by atomic mass is 10.1. The van der Waals surface area contributed by atoms with E-state index in [1.54, 1.807) is 7.05 Å². The summed E-state index contributed by atoms with van der Waals surface area (Å²) in [5.74, 6) is 0.127. The molecular formula is C22H26N2O2S. The van der Waals surface area contributed by atoms with Gasteiger partial charge in [0, 0.05) is 17.6 Å². The molecule has 0 radical (unpaired) electrons. The Hall–Kier alpha value is -2.27. The third kappa shape index (κ3) is 5.13. The van der Waals surface area contributed by atoms with Gasteiger partial charge >= 0.3 is 0 Å². The van der Waals surface area contributed by atoms with Gasteiger partial charge < -0.3 is 10.2 Å². The zero-order valence-electron chi connectivity index (χ0n) is 16.0. The van der Waals surface area contributed by atoms with Crippen LogP contribution >= 0.6 is 11.8 Å². The zero-order valence-corrected chi connectivity index (χ0v) is 16.8. The van der Waals surface area contributed by atoms with Crippen molar-refractivity contribution in [2.75, 3.05) is 24.7 Å². The summed E-state index contributed by atoms with van der Waals surface area (Å²) in [4.78, 5) is 27.3. The number of rotatable bonds is 7. The summed E-state index contributed by atoms with van der Waals surface area (Å²) in [5.41, 5.74) is 4.76. The van der Waals surface area contributed by atoms with Gasteiger partial charge in [0.15, 0.2) is 0 Å².